The van der Waals surface area contributed by atoms with Gasteiger partial charge in [0, 0.05) is 12.8 Å². The number of carboxylic acid groups (broad SMARTS) is 1. The first kappa shape index (κ1) is 73.3. The number of likely N-dealkylation sites (N-methyl/N-ethyl adjacent to an activating group) is 1. The number of carbonyl (C=O) groups is 3. The molecule has 2 atom stereocenters. The first-order valence-corrected chi connectivity index (χ1v) is 33.2. The molecule has 0 N–H and O–H groups in total. The number of ether oxygens (including phenoxy) is 4. The summed E-state index contributed by atoms with van der Waals surface area (Å²) in [5.74, 6) is -2.25. The van der Waals surface area contributed by atoms with Crippen LogP contribution in [0, 0.1) is 0 Å². The van der Waals surface area contributed by atoms with E-state index in [4.69, 9.17) is 18.9 Å². The molecule has 0 aromatic heterocycles. The summed E-state index contributed by atoms with van der Waals surface area (Å²) in [7, 11) is 5.94. The van der Waals surface area contributed by atoms with Gasteiger partial charge < -0.3 is 33.3 Å². The quantitative estimate of drug-likeness (QED) is 0.0256. The van der Waals surface area contributed by atoms with Crippen molar-refractivity contribution in [1.82, 2.24) is 0 Å². The van der Waals surface area contributed by atoms with Crippen LogP contribution in [0.4, 0.5) is 0 Å². The number of aliphatic carboxylic acids is 1. The molecule has 0 saturated carbocycles. The van der Waals surface area contributed by atoms with Crippen molar-refractivity contribution in [1.29, 1.82) is 0 Å². The van der Waals surface area contributed by atoms with E-state index in [0.29, 0.717) is 17.4 Å². The highest BCUT2D eigenvalue weighted by Gasteiger charge is 2.22. The number of esters is 2. The van der Waals surface area contributed by atoms with Crippen molar-refractivity contribution in [3.05, 3.63) is 0 Å². The van der Waals surface area contributed by atoms with Crippen molar-refractivity contribution < 1.29 is 42.9 Å². The number of carbonyl (C=O) groups excluding carboxylic acids is 3. The molecule has 0 fully saturated rings. The Bertz CT molecular complexity index is 1190. The second kappa shape index (κ2) is 58.4. The molecular weight excluding hydrogens is 935 g/mol. The topological polar surface area (TPSA) is 111 Å². The maximum Gasteiger partial charge on any atom is 0.306 e. The average molecular weight is 1060 g/mol. The Hall–Kier alpha value is -1.71. The predicted octanol–water partition coefficient (Wildman–Crippen LogP) is 18.6. The Kier molecular flexibility index (Phi) is 57.1. The van der Waals surface area contributed by atoms with Crippen LogP contribution in [0.3, 0.4) is 0 Å². The molecule has 0 heterocycles. The highest BCUT2D eigenvalue weighted by Crippen LogP contribution is 2.19. The van der Waals surface area contributed by atoms with E-state index in [1.165, 1.54) is 283 Å². The second-order valence-electron chi connectivity index (χ2n) is 24.1. The van der Waals surface area contributed by atoms with Crippen molar-refractivity contribution in [2.45, 2.75) is 360 Å². The maximum absolute atomic E-state index is 12.9. The van der Waals surface area contributed by atoms with Gasteiger partial charge in [0.15, 0.2) is 12.4 Å². The molecule has 0 saturated heterocycles. The van der Waals surface area contributed by atoms with Crippen molar-refractivity contribution in [2.24, 2.45) is 0 Å². The van der Waals surface area contributed by atoms with Gasteiger partial charge in [0.1, 0.15) is 13.2 Å². The molecule has 0 aromatic carbocycles. The first-order chi connectivity index (χ1) is 36.6. The van der Waals surface area contributed by atoms with Crippen LogP contribution in [0.2, 0.25) is 0 Å². The van der Waals surface area contributed by atoms with Crippen LogP contribution in [-0.4, -0.2) is 82.3 Å². The highest BCUT2D eigenvalue weighted by molar-refractivity contribution is 5.70. The summed E-state index contributed by atoms with van der Waals surface area (Å²) in [4.78, 5) is 37.3. The molecule has 446 valence electrons. The smallest absolute Gasteiger partial charge is 0.306 e. The Balaban J connectivity index is 3.98. The van der Waals surface area contributed by atoms with Gasteiger partial charge in [0.05, 0.1) is 40.3 Å². The van der Waals surface area contributed by atoms with Crippen LogP contribution in [0.25, 0.3) is 0 Å². The molecule has 75 heavy (non-hydrogen) atoms. The fourth-order valence-corrected chi connectivity index (χ4v) is 10.2. The zero-order valence-corrected chi connectivity index (χ0v) is 51.0. The van der Waals surface area contributed by atoms with Crippen LogP contribution in [0.1, 0.15) is 348 Å². The van der Waals surface area contributed by atoms with E-state index in [9.17, 15) is 19.5 Å². The van der Waals surface area contributed by atoms with Crippen molar-refractivity contribution in [3.63, 3.8) is 0 Å². The molecule has 0 amide bonds. The summed E-state index contributed by atoms with van der Waals surface area (Å²) in [5.41, 5.74) is 0. The number of hydrogen-bond acceptors (Lipinski definition) is 8. The van der Waals surface area contributed by atoms with E-state index in [1.807, 2.05) is 21.1 Å². The molecule has 0 radical (unpaired) electrons. The van der Waals surface area contributed by atoms with Gasteiger partial charge in [-0.25, -0.2) is 0 Å². The van der Waals surface area contributed by atoms with Crippen LogP contribution in [-0.2, 0) is 33.3 Å². The summed E-state index contributed by atoms with van der Waals surface area (Å²) in [6.45, 7) is 4.83. The minimum Gasteiger partial charge on any atom is -0.545 e. The summed E-state index contributed by atoms with van der Waals surface area (Å²) in [5, 5.41) is 11.8. The number of carboxylic acids is 1. The Morgan fingerprint density at radius 2 is 0.600 bits per heavy atom. The van der Waals surface area contributed by atoms with Crippen molar-refractivity contribution in [3.8, 4) is 0 Å². The molecule has 9 nitrogen and oxygen atoms in total. The van der Waals surface area contributed by atoms with E-state index < -0.39 is 24.3 Å². The summed E-state index contributed by atoms with van der Waals surface area (Å²) in [6.07, 6.45) is 64.8. The fraction of sp³-hybridized carbons (Fsp3) is 0.955. The van der Waals surface area contributed by atoms with Gasteiger partial charge in [-0.2, -0.15) is 0 Å². The molecule has 0 aliphatic heterocycles. The Morgan fingerprint density at radius 3 is 0.853 bits per heavy atom. The number of hydrogen-bond donors (Lipinski definition) is 0. The zero-order valence-electron chi connectivity index (χ0n) is 51.0. The molecule has 9 heteroatoms. The molecule has 0 aromatic rings. The van der Waals surface area contributed by atoms with E-state index in [2.05, 4.69) is 13.8 Å². The maximum atomic E-state index is 12.9. The standard InChI is InChI=1S/C66H129NO8/c1-6-8-10-12-14-16-18-20-22-24-25-26-27-28-29-30-31-32-33-34-35-36-37-38-39-40-41-43-45-47-49-51-53-55-57-64(69)75-62(61-74-66(65(70)71)72-59-58-67(3,4)5)60-73-63(68)56-54-52-50-48-46-44-42-23-21-19-17-15-13-11-9-7-2/h62,66H,6-61H2,1-5H3. The monoisotopic (exact) mass is 1060 g/mol. The van der Waals surface area contributed by atoms with Gasteiger partial charge in [0.2, 0.25) is 0 Å². The van der Waals surface area contributed by atoms with E-state index >= 15 is 0 Å². The average Bonchev–Trinajstić information content (AvgIpc) is 3.38. The van der Waals surface area contributed by atoms with E-state index in [-0.39, 0.29) is 32.2 Å². The van der Waals surface area contributed by atoms with E-state index in [0.717, 1.165) is 38.5 Å². The predicted molar refractivity (Wildman–Crippen MR) is 316 cm³/mol. The van der Waals surface area contributed by atoms with Crippen molar-refractivity contribution >= 4 is 17.9 Å². The lowest BCUT2D eigenvalue weighted by Gasteiger charge is -2.26. The normalized spacial score (nSPS) is 12.6. The van der Waals surface area contributed by atoms with Crippen LogP contribution in [0.15, 0.2) is 0 Å². The zero-order chi connectivity index (χ0) is 54.8. The number of rotatable bonds is 63. The third-order valence-electron chi connectivity index (χ3n) is 15.4. The minimum atomic E-state index is -1.61. The summed E-state index contributed by atoms with van der Waals surface area (Å²) >= 11 is 0. The molecular formula is C66H129NO8. The third-order valence-corrected chi connectivity index (χ3v) is 15.4. The molecule has 0 aliphatic rings. The third kappa shape index (κ3) is 59.8. The lowest BCUT2D eigenvalue weighted by atomic mass is 10.0. The largest absolute Gasteiger partial charge is 0.545 e. The fourth-order valence-electron chi connectivity index (χ4n) is 10.2. The molecule has 0 rings (SSSR count). The highest BCUT2D eigenvalue weighted by atomic mass is 16.7. The molecule has 0 spiro atoms. The van der Waals surface area contributed by atoms with Crippen LogP contribution < -0.4 is 5.11 Å². The Labute approximate surface area is 466 Å². The SMILES string of the molecule is CCCCCCCCCCCCCCCCCCCCCCCCCCCCCCCCCCCCC(=O)OC(COC(=O)CCCCCCCCCCCCCCCCCC)COC(OCC[N+](C)(C)C)C(=O)[O-]. The number of quaternary nitrogens is 1. The van der Waals surface area contributed by atoms with Gasteiger partial charge in [-0.15, -0.1) is 0 Å². The second-order valence-corrected chi connectivity index (χ2v) is 24.1. The lowest BCUT2D eigenvalue weighted by Crippen LogP contribution is -2.44. The molecule has 2 unspecified atom stereocenters. The van der Waals surface area contributed by atoms with Crippen LogP contribution in [0.5, 0.6) is 0 Å². The van der Waals surface area contributed by atoms with Crippen LogP contribution >= 0.6 is 0 Å². The molecule has 0 bridgehead atoms. The van der Waals surface area contributed by atoms with Gasteiger partial charge >= 0.3 is 11.9 Å². The van der Waals surface area contributed by atoms with Gasteiger partial charge in [-0.05, 0) is 12.8 Å². The lowest BCUT2D eigenvalue weighted by molar-refractivity contribution is -0.870. The minimum absolute atomic E-state index is 0.153. The van der Waals surface area contributed by atoms with Gasteiger partial charge in [-0.1, -0.05) is 322 Å². The number of unbranched alkanes of at least 4 members (excludes halogenated alkanes) is 48. The van der Waals surface area contributed by atoms with Gasteiger partial charge in [-0.3, -0.25) is 9.59 Å². The summed E-state index contributed by atoms with van der Waals surface area (Å²) < 4.78 is 22.8. The van der Waals surface area contributed by atoms with Gasteiger partial charge in [0.25, 0.3) is 0 Å². The van der Waals surface area contributed by atoms with Crippen molar-refractivity contribution in [2.75, 3.05) is 47.5 Å². The van der Waals surface area contributed by atoms with E-state index in [1.54, 1.807) is 0 Å². The summed E-state index contributed by atoms with van der Waals surface area (Å²) in [6, 6.07) is 0. The Morgan fingerprint density at radius 1 is 0.347 bits per heavy atom. The molecule has 0 aliphatic carbocycles. The number of nitrogens with zero attached hydrogens (tertiary/aromatic N) is 1. The first-order valence-electron chi connectivity index (χ1n) is 33.2.